The van der Waals surface area contributed by atoms with Crippen LogP contribution in [-0.4, -0.2) is 46.4 Å². The number of amides is 2. The summed E-state index contributed by atoms with van der Waals surface area (Å²) in [6.45, 7) is 2.82. The number of benzene rings is 1. The van der Waals surface area contributed by atoms with Crippen molar-refractivity contribution in [3.8, 4) is 11.5 Å². The molecule has 1 saturated heterocycles. The van der Waals surface area contributed by atoms with Crippen LogP contribution in [0.1, 0.15) is 27.5 Å². The number of likely N-dealkylation sites (tertiary alicyclic amines) is 1. The molecule has 26 heavy (non-hydrogen) atoms. The minimum Gasteiger partial charge on any atom is -0.454 e. The van der Waals surface area contributed by atoms with Crippen LogP contribution in [-0.2, 0) is 11.8 Å². The number of nitrogens with two attached hydrogens (primary N) is 1. The van der Waals surface area contributed by atoms with Gasteiger partial charge in [-0.2, -0.15) is 5.10 Å². The summed E-state index contributed by atoms with van der Waals surface area (Å²) < 4.78 is 12.4. The molecule has 0 unspecified atom stereocenters. The van der Waals surface area contributed by atoms with Gasteiger partial charge in [-0.3, -0.25) is 14.3 Å². The van der Waals surface area contributed by atoms with E-state index in [0.29, 0.717) is 30.2 Å². The Kier molecular flexibility index (Phi) is 3.82. The number of nitrogens with zero attached hydrogens (tertiary/aromatic N) is 3. The molecule has 2 aromatic rings. The number of primary amides is 1. The highest BCUT2D eigenvalue weighted by Gasteiger charge is 2.41. The number of rotatable bonds is 3. The van der Waals surface area contributed by atoms with E-state index in [0.717, 1.165) is 11.3 Å². The molecule has 2 atom stereocenters. The Balaban J connectivity index is 1.61. The Morgan fingerprint density at radius 2 is 2.00 bits per heavy atom. The van der Waals surface area contributed by atoms with Gasteiger partial charge < -0.3 is 20.1 Å². The molecular weight excluding hydrogens is 336 g/mol. The molecule has 2 amide bonds. The highest BCUT2D eigenvalue weighted by atomic mass is 16.7. The van der Waals surface area contributed by atoms with Crippen LogP contribution in [0.3, 0.4) is 0 Å². The lowest BCUT2D eigenvalue weighted by molar-refractivity contribution is -0.121. The van der Waals surface area contributed by atoms with Gasteiger partial charge in [0.2, 0.25) is 12.7 Å². The fourth-order valence-corrected chi connectivity index (χ4v) is 3.66. The van der Waals surface area contributed by atoms with Gasteiger partial charge in [-0.05, 0) is 30.7 Å². The number of aromatic nitrogens is 2. The zero-order valence-electron chi connectivity index (χ0n) is 14.6. The van der Waals surface area contributed by atoms with Crippen LogP contribution < -0.4 is 15.2 Å². The van der Waals surface area contributed by atoms with Crippen LogP contribution >= 0.6 is 0 Å². The van der Waals surface area contributed by atoms with Crippen molar-refractivity contribution in [2.24, 2.45) is 18.7 Å². The minimum atomic E-state index is -0.434. The molecule has 136 valence electrons. The van der Waals surface area contributed by atoms with Crippen molar-refractivity contribution in [1.29, 1.82) is 0 Å². The molecule has 1 aromatic heterocycles. The standard InChI is InChI=1S/C18H20N4O4/c1-10-12(6-20-21(10)2)13-7-22(8-14(13)17(19)23)18(24)11-3-4-15-16(5-11)26-9-25-15/h3-6,13-14H,7-9H2,1-2H3,(H2,19,23)/t13-,14+/m1/s1. The summed E-state index contributed by atoms with van der Waals surface area (Å²) in [7, 11) is 1.85. The second kappa shape index (κ2) is 6.05. The van der Waals surface area contributed by atoms with E-state index in [9.17, 15) is 9.59 Å². The largest absolute Gasteiger partial charge is 0.454 e. The molecular formula is C18H20N4O4. The summed E-state index contributed by atoms with van der Waals surface area (Å²) in [5.74, 6) is 0.0378. The molecule has 8 heteroatoms. The summed E-state index contributed by atoms with van der Waals surface area (Å²) in [6.07, 6.45) is 1.75. The second-order valence-electron chi connectivity index (χ2n) is 6.70. The van der Waals surface area contributed by atoms with Crippen molar-refractivity contribution < 1.29 is 19.1 Å². The molecule has 0 bridgehead atoms. The van der Waals surface area contributed by atoms with E-state index >= 15 is 0 Å². The van der Waals surface area contributed by atoms with E-state index in [2.05, 4.69) is 5.10 Å². The Hall–Kier alpha value is -3.03. The number of hydrogen-bond donors (Lipinski definition) is 1. The fourth-order valence-electron chi connectivity index (χ4n) is 3.66. The predicted octanol–water partition coefficient (Wildman–Crippen LogP) is 0.798. The van der Waals surface area contributed by atoms with Crippen molar-refractivity contribution >= 4 is 11.8 Å². The average Bonchev–Trinajstić information content (AvgIpc) is 3.33. The summed E-state index contributed by atoms with van der Waals surface area (Å²) >= 11 is 0. The van der Waals surface area contributed by atoms with Gasteiger partial charge in [0, 0.05) is 37.3 Å². The topological polar surface area (TPSA) is 99.7 Å². The van der Waals surface area contributed by atoms with Crippen LogP contribution in [0.4, 0.5) is 0 Å². The lowest BCUT2D eigenvalue weighted by Gasteiger charge is -2.16. The Labute approximate surface area is 150 Å². The van der Waals surface area contributed by atoms with E-state index in [1.54, 1.807) is 34.0 Å². The van der Waals surface area contributed by atoms with Gasteiger partial charge in [0.05, 0.1) is 12.1 Å². The van der Waals surface area contributed by atoms with Crippen LogP contribution in [0.25, 0.3) is 0 Å². The molecule has 8 nitrogen and oxygen atoms in total. The molecule has 0 spiro atoms. The highest BCUT2D eigenvalue weighted by molar-refractivity contribution is 5.96. The SMILES string of the molecule is Cc1c([C@H]2CN(C(=O)c3ccc4c(c3)OCO4)C[C@@H]2C(N)=O)cnn1C. The van der Waals surface area contributed by atoms with E-state index in [4.69, 9.17) is 15.2 Å². The number of carbonyl (C=O) groups is 2. The van der Waals surface area contributed by atoms with Crippen molar-refractivity contribution in [2.75, 3.05) is 19.9 Å². The molecule has 1 aromatic carbocycles. The summed E-state index contributed by atoms with van der Waals surface area (Å²) in [5, 5.41) is 4.25. The van der Waals surface area contributed by atoms with E-state index in [-0.39, 0.29) is 18.6 Å². The molecule has 4 rings (SSSR count). The molecule has 0 aliphatic carbocycles. The van der Waals surface area contributed by atoms with Crippen molar-refractivity contribution in [3.05, 3.63) is 41.2 Å². The normalized spacial score (nSPS) is 21.2. The number of carbonyl (C=O) groups excluding carboxylic acids is 2. The van der Waals surface area contributed by atoms with Gasteiger partial charge in [-0.15, -0.1) is 0 Å². The molecule has 2 N–H and O–H groups in total. The zero-order chi connectivity index (χ0) is 18.4. The van der Waals surface area contributed by atoms with Crippen molar-refractivity contribution in [3.63, 3.8) is 0 Å². The lowest BCUT2D eigenvalue weighted by atomic mass is 9.89. The van der Waals surface area contributed by atoms with Crippen molar-refractivity contribution in [1.82, 2.24) is 14.7 Å². The third kappa shape index (κ3) is 2.58. The van der Waals surface area contributed by atoms with E-state index in [1.807, 2.05) is 14.0 Å². The first-order chi connectivity index (χ1) is 12.5. The smallest absolute Gasteiger partial charge is 0.254 e. The first-order valence-electron chi connectivity index (χ1n) is 8.42. The van der Waals surface area contributed by atoms with Gasteiger partial charge in [-0.25, -0.2) is 0 Å². The minimum absolute atomic E-state index is 0.154. The van der Waals surface area contributed by atoms with E-state index in [1.165, 1.54) is 0 Å². The maximum Gasteiger partial charge on any atom is 0.254 e. The molecule has 1 fully saturated rings. The second-order valence-corrected chi connectivity index (χ2v) is 6.70. The molecule has 3 heterocycles. The molecule has 0 radical (unpaired) electrons. The molecule has 2 aliphatic rings. The number of aryl methyl sites for hydroxylation is 1. The highest BCUT2D eigenvalue weighted by Crippen LogP contribution is 2.36. The van der Waals surface area contributed by atoms with Crippen LogP contribution in [0.2, 0.25) is 0 Å². The van der Waals surface area contributed by atoms with Crippen LogP contribution in [0.15, 0.2) is 24.4 Å². The third-order valence-electron chi connectivity index (χ3n) is 5.26. The summed E-state index contributed by atoms with van der Waals surface area (Å²) in [6, 6.07) is 5.10. The fraction of sp³-hybridized carbons (Fsp3) is 0.389. The van der Waals surface area contributed by atoms with Gasteiger partial charge in [0.1, 0.15) is 0 Å². The monoisotopic (exact) mass is 356 g/mol. The van der Waals surface area contributed by atoms with E-state index < -0.39 is 11.8 Å². The predicted molar refractivity (Wildman–Crippen MR) is 91.8 cm³/mol. The van der Waals surface area contributed by atoms with Crippen LogP contribution in [0.5, 0.6) is 11.5 Å². The zero-order valence-corrected chi connectivity index (χ0v) is 14.6. The number of hydrogen-bond acceptors (Lipinski definition) is 5. The average molecular weight is 356 g/mol. The van der Waals surface area contributed by atoms with Gasteiger partial charge in [-0.1, -0.05) is 0 Å². The Morgan fingerprint density at radius 3 is 2.69 bits per heavy atom. The number of ether oxygens (including phenoxy) is 2. The quantitative estimate of drug-likeness (QED) is 0.877. The lowest BCUT2D eigenvalue weighted by Crippen LogP contribution is -2.32. The Bertz CT molecular complexity index is 891. The van der Waals surface area contributed by atoms with Crippen LogP contribution in [0, 0.1) is 12.8 Å². The molecule has 2 aliphatic heterocycles. The third-order valence-corrected chi connectivity index (χ3v) is 5.26. The van der Waals surface area contributed by atoms with Gasteiger partial charge in [0.15, 0.2) is 11.5 Å². The maximum absolute atomic E-state index is 12.9. The Morgan fingerprint density at radius 1 is 1.23 bits per heavy atom. The van der Waals surface area contributed by atoms with Gasteiger partial charge >= 0.3 is 0 Å². The first kappa shape index (κ1) is 16.4. The molecule has 0 saturated carbocycles. The van der Waals surface area contributed by atoms with Crippen molar-refractivity contribution in [2.45, 2.75) is 12.8 Å². The summed E-state index contributed by atoms with van der Waals surface area (Å²) in [4.78, 5) is 26.6. The maximum atomic E-state index is 12.9. The summed E-state index contributed by atoms with van der Waals surface area (Å²) in [5.41, 5.74) is 8.04. The van der Waals surface area contributed by atoms with Gasteiger partial charge in [0.25, 0.3) is 5.91 Å². The number of fused-ring (bicyclic) bond motifs is 1. The first-order valence-corrected chi connectivity index (χ1v) is 8.42.